The van der Waals surface area contributed by atoms with E-state index >= 15 is 0 Å². The fraction of sp³-hybridized carbons (Fsp3) is 0.231. The van der Waals surface area contributed by atoms with Crippen molar-refractivity contribution in [2.45, 2.75) is 12.3 Å². The van der Waals surface area contributed by atoms with Gasteiger partial charge < -0.3 is 9.84 Å². The monoisotopic (exact) mass is 284 g/mol. The minimum atomic E-state index is -4.57. The Bertz CT molecular complexity index is 602. The van der Waals surface area contributed by atoms with Gasteiger partial charge in [-0.15, -0.1) is 0 Å². The maximum Gasteiger partial charge on any atom is 0.416 e. The second kappa shape index (κ2) is 5.46. The van der Waals surface area contributed by atoms with E-state index < -0.39 is 17.8 Å². The van der Waals surface area contributed by atoms with Gasteiger partial charge in [0.1, 0.15) is 11.9 Å². The van der Waals surface area contributed by atoms with Crippen LogP contribution in [0.5, 0.6) is 5.75 Å². The number of pyridine rings is 2. The molecule has 2 aromatic heterocycles. The Balaban J connectivity index is 2.52. The lowest BCUT2D eigenvalue weighted by molar-refractivity contribution is -0.139. The number of alkyl halides is 3. The van der Waals surface area contributed by atoms with Gasteiger partial charge in [-0.2, -0.15) is 13.2 Å². The number of methoxy groups -OCH3 is 1. The molecule has 0 fully saturated rings. The van der Waals surface area contributed by atoms with Crippen molar-refractivity contribution in [3.63, 3.8) is 0 Å². The van der Waals surface area contributed by atoms with Gasteiger partial charge in [0.25, 0.3) is 0 Å². The topological polar surface area (TPSA) is 55.2 Å². The van der Waals surface area contributed by atoms with Gasteiger partial charge in [0, 0.05) is 29.7 Å². The molecule has 0 bridgehead atoms. The van der Waals surface area contributed by atoms with Crippen molar-refractivity contribution in [3.8, 4) is 5.75 Å². The molecule has 0 aliphatic heterocycles. The third-order valence-electron chi connectivity index (χ3n) is 2.78. The molecular formula is C13H11F3N2O2. The third kappa shape index (κ3) is 2.72. The van der Waals surface area contributed by atoms with Crippen molar-refractivity contribution >= 4 is 0 Å². The van der Waals surface area contributed by atoms with Crippen LogP contribution >= 0.6 is 0 Å². The van der Waals surface area contributed by atoms with Crippen molar-refractivity contribution in [1.29, 1.82) is 0 Å². The first-order chi connectivity index (χ1) is 9.45. The van der Waals surface area contributed by atoms with E-state index in [0.29, 0.717) is 0 Å². The molecule has 0 aromatic carbocycles. The fourth-order valence-electron chi connectivity index (χ4n) is 1.84. The molecule has 1 unspecified atom stereocenters. The third-order valence-corrected chi connectivity index (χ3v) is 2.78. The molecule has 0 radical (unpaired) electrons. The highest BCUT2D eigenvalue weighted by Crippen LogP contribution is 2.37. The predicted molar refractivity (Wildman–Crippen MR) is 64.1 cm³/mol. The molecule has 2 aromatic rings. The van der Waals surface area contributed by atoms with E-state index in [0.717, 1.165) is 18.5 Å². The highest BCUT2D eigenvalue weighted by atomic mass is 19.4. The second-order valence-electron chi connectivity index (χ2n) is 3.98. The lowest BCUT2D eigenvalue weighted by Crippen LogP contribution is -2.13. The van der Waals surface area contributed by atoms with Crippen LogP contribution in [0.2, 0.25) is 0 Å². The molecule has 1 atom stereocenters. The number of aliphatic hydroxyl groups is 1. The Kier molecular flexibility index (Phi) is 3.89. The van der Waals surface area contributed by atoms with Crippen LogP contribution in [0, 0.1) is 0 Å². The van der Waals surface area contributed by atoms with Gasteiger partial charge in [-0.05, 0) is 12.1 Å². The Morgan fingerprint density at radius 1 is 1.10 bits per heavy atom. The molecule has 0 spiro atoms. The quantitative estimate of drug-likeness (QED) is 0.941. The Labute approximate surface area is 112 Å². The van der Waals surface area contributed by atoms with Gasteiger partial charge in [-0.3, -0.25) is 9.97 Å². The fourth-order valence-corrected chi connectivity index (χ4v) is 1.84. The summed E-state index contributed by atoms with van der Waals surface area (Å²) in [6.45, 7) is 0. The van der Waals surface area contributed by atoms with Gasteiger partial charge in [0.05, 0.1) is 18.9 Å². The summed E-state index contributed by atoms with van der Waals surface area (Å²) in [6, 6.07) is 2.23. The number of hydrogen-bond acceptors (Lipinski definition) is 4. The number of halogens is 3. The summed E-state index contributed by atoms with van der Waals surface area (Å²) in [5.41, 5.74) is -1.07. The molecule has 4 nitrogen and oxygen atoms in total. The number of aromatic nitrogens is 2. The number of aliphatic hydroxyl groups excluding tert-OH is 1. The van der Waals surface area contributed by atoms with Crippen molar-refractivity contribution in [2.24, 2.45) is 0 Å². The zero-order valence-electron chi connectivity index (χ0n) is 10.4. The van der Waals surface area contributed by atoms with Crippen LogP contribution in [-0.4, -0.2) is 22.2 Å². The number of hydrogen-bond donors (Lipinski definition) is 1. The molecule has 1 N–H and O–H groups in total. The van der Waals surface area contributed by atoms with Crippen molar-refractivity contribution in [2.75, 3.05) is 7.11 Å². The van der Waals surface area contributed by atoms with Crippen molar-refractivity contribution < 1.29 is 23.0 Å². The summed E-state index contributed by atoms with van der Waals surface area (Å²) in [5, 5.41) is 10.2. The Hall–Kier alpha value is -2.15. The highest BCUT2D eigenvalue weighted by Gasteiger charge is 2.35. The average molecular weight is 284 g/mol. The molecule has 20 heavy (non-hydrogen) atoms. The number of rotatable bonds is 3. The lowest BCUT2D eigenvalue weighted by Gasteiger charge is -2.18. The van der Waals surface area contributed by atoms with E-state index in [1.54, 1.807) is 0 Å². The molecule has 0 amide bonds. The first kappa shape index (κ1) is 14.3. The second-order valence-corrected chi connectivity index (χ2v) is 3.98. The van der Waals surface area contributed by atoms with Crippen LogP contribution in [0.25, 0.3) is 0 Å². The molecule has 106 valence electrons. The van der Waals surface area contributed by atoms with Crippen LogP contribution in [-0.2, 0) is 6.18 Å². The van der Waals surface area contributed by atoms with E-state index in [2.05, 4.69) is 9.97 Å². The molecule has 0 aliphatic carbocycles. The minimum absolute atomic E-state index is 0.195. The largest absolute Gasteiger partial charge is 0.495 e. The molecular weight excluding hydrogens is 273 g/mol. The molecule has 2 rings (SSSR count). The summed E-state index contributed by atoms with van der Waals surface area (Å²) < 4.78 is 43.8. The minimum Gasteiger partial charge on any atom is -0.495 e. The van der Waals surface area contributed by atoms with Gasteiger partial charge >= 0.3 is 6.18 Å². The summed E-state index contributed by atoms with van der Waals surface area (Å²) in [5.74, 6) is 0.206. The standard InChI is InChI=1S/C13H11F3N2O2/c1-20-11-7-18-4-2-8(11)12(19)9-6-17-5-3-10(9)13(14,15)16/h2-7,12,19H,1H3. The van der Waals surface area contributed by atoms with Gasteiger partial charge in [-0.25, -0.2) is 0 Å². The molecule has 0 saturated heterocycles. The van der Waals surface area contributed by atoms with Crippen LogP contribution < -0.4 is 4.74 Å². The van der Waals surface area contributed by atoms with Gasteiger partial charge in [0.15, 0.2) is 0 Å². The van der Waals surface area contributed by atoms with E-state index in [1.807, 2.05) is 0 Å². The predicted octanol–water partition coefficient (Wildman–Crippen LogP) is 2.59. The maximum atomic E-state index is 12.9. The summed E-state index contributed by atoms with van der Waals surface area (Å²) in [6.07, 6.45) is -1.36. The lowest BCUT2D eigenvalue weighted by atomic mass is 9.98. The summed E-state index contributed by atoms with van der Waals surface area (Å²) in [4.78, 5) is 7.43. The molecule has 0 aliphatic rings. The first-order valence-corrected chi connectivity index (χ1v) is 5.62. The van der Waals surface area contributed by atoms with Crippen molar-refractivity contribution in [3.05, 3.63) is 53.6 Å². The van der Waals surface area contributed by atoms with Crippen LogP contribution in [0.4, 0.5) is 13.2 Å². The van der Waals surface area contributed by atoms with E-state index in [-0.39, 0.29) is 16.9 Å². The van der Waals surface area contributed by atoms with E-state index in [9.17, 15) is 18.3 Å². The van der Waals surface area contributed by atoms with Crippen LogP contribution in [0.15, 0.2) is 36.9 Å². The normalized spacial score (nSPS) is 13.1. The Morgan fingerprint density at radius 2 is 1.75 bits per heavy atom. The first-order valence-electron chi connectivity index (χ1n) is 5.62. The van der Waals surface area contributed by atoms with Gasteiger partial charge in [-0.1, -0.05) is 0 Å². The number of nitrogens with zero attached hydrogens (tertiary/aromatic N) is 2. The van der Waals surface area contributed by atoms with Crippen LogP contribution in [0.1, 0.15) is 22.8 Å². The highest BCUT2D eigenvalue weighted by molar-refractivity contribution is 5.40. The molecule has 0 saturated carbocycles. The maximum absolute atomic E-state index is 12.9. The van der Waals surface area contributed by atoms with Crippen LogP contribution in [0.3, 0.4) is 0 Å². The Morgan fingerprint density at radius 3 is 2.40 bits per heavy atom. The number of ether oxygens (including phenoxy) is 1. The summed E-state index contributed by atoms with van der Waals surface area (Å²) in [7, 11) is 1.35. The SMILES string of the molecule is COc1cnccc1C(O)c1cnccc1C(F)(F)F. The smallest absolute Gasteiger partial charge is 0.416 e. The van der Waals surface area contributed by atoms with Gasteiger partial charge in [0.2, 0.25) is 0 Å². The average Bonchev–Trinajstić information content (AvgIpc) is 2.45. The van der Waals surface area contributed by atoms with Crippen molar-refractivity contribution in [1.82, 2.24) is 9.97 Å². The molecule has 2 heterocycles. The molecule has 7 heteroatoms. The zero-order valence-corrected chi connectivity index (χ0v) is 10.4. The summed E-state index contributed by atoms with van der Waals surface area (Å²) >= 11 is 0. The zero-order chi connectivity index (χ0) is 14.8. The van der Waals surface area contributed by atoms with E-state index in [1.165, 1.54) is 25.6 Å². The van der Waals surface area contributed by atoms with E-state index in [4.69, 9.17) is 4.74 Å².